The fourth-order valence-electron chi connectivity index (χ4n) is 0.683. The number of nitrogens with one attached hydrogen (secondary N) is 1. The van der Waals surface area contributed by atoms with Gasteiger partial charge in [0.25, 0.3) is 0 Å². The molecule has 0 fully saturated rings. The molecule has 2 unspecified atom stereocenters. The van der Waals surface area contributed by atoms with Crippen LogP contribution in [0.15, 0.2) is 0 Å². The van der Waals surface area contributed by atoms with Crippen LogP contribution in [-0.4, -0.2) is 39.5 Å². The van der Waals surface area contributed by atoms with Crippen LogP contribution in [0, 0.1) is 0 Å². The maximum atomic E-state index is 10.3. The van der Waals surface area contributed by atoms with Gasteiger partial charge in [-0.25, -0.2) is 0 Å². The molecule has 2 atom stereocenters. The lowest BCUT2D eigenvalue weighted by Crippen LogP contribution is -2.43. The van der Waals surface area contributed by atoms with Gasteiger partial charge in [0, 0.05) is 0 Å². The molecule has 12 heavy (non-hydrogen) atoms. The quantitative estimate of drug-likeness (QED) is 0.395. The van der Waals surface area contributed by atoms with Crippen LogP contribution in [0.3, 0.4) is 0 Å². The number of carboxylic acids is 2. The van der Waals surface area contributed by atoms with Crippen molar-refractivity contribution in [1.29, 1.82) is 0 Å². The second-order valence-corrected chi connectivity index (χ2v) is 2.33. The Bertz CT molecular complexity index is 179. The zero-order valence-corrected chi connectivity index (χ0v) is 6.52. The predicted molar refractivity (Wildman–Crippen MR) is 38.5 cm³/mol. The van der Waals surface area contributed by atoms with Gasteiger partial charge in [0.15, 0.2) is 0 Å². The number of aliphatic hydroxyl groups is 1. The molecule has 0 heterocycles. The minimum absolute atomic E-state index is 0.555. The van der Waals surface area contributed by atoms with E-state index in [4.69, 9.17) is 15.3 Å². The fourth-order valence-corrected chi connectivity index (χ4v) is 0.683. The topological polar surface area (TPSA) is 107 Å². The second kappa shape index (κ2) is 4.68. The predicted octanol–water partition coefficient (Wildman–Crippen LogP) is -1.16. The van der Waals surface area contributed by atoms with Crippen LogP contribution in [0.25, 0.3) is 0 Å². The zero-order valence-electron chi connectivity index (χ0n) is 6.52. The average Bonchev–Trinajstić information content (AvgIpc) is 1.83. The van der Waals surface area contributed by atoms with E-state index >= 15 is 0 Å². The average molecular weight is 177 g/mol. The van der Waals surface area contributed by atoms with Gasteiger partial charge in [0.1, 0.15) is 12.3 Å². The zero-order chi connectivity index (χ0) is 9.72. The highest BCUT2D eigenvalue weighted by molar-refractivity contribution is 5.80. The first-order valence-electron chi connectivity index (χ1n) is 3.32. The van der Waals surface area contributed by atoms with Crippen molar-refractivity contribution in [3.05, 3.63) is 0 Å². The monoisotopic (exact) mass is 177 g/mol. The highest BCUT2D eigenvalue weighted by Crippen LogP contribution is 1.93. The summed E-state index contributed by atoms with van der Waals surface area (Å²) < 4.78 is 0. The van der Waals surface area contributed by atoms with Gasteiger partial charge < -0.3 is 15.3 Å². The summed E-state index contributed by atoms with van der Waals surface area (Å²) in [4.78, 5) is 20.4. The lowest BCUT2D eigenvalue weighted by Gasteiger charge is -2.13. The van der Waals surface area contributed by atoms with Gasteiger partial charge in [-0.05, 0) is 6.92 Å². The third kappa shape index (κ3) is 4.64. The SMILES string of the molecule is CC(O)NC(CC(=O)O)C(=O)O. The molecule has 0 aromatic rings. The molecule has 6 nitrogen and oxygen atoms in total. The molecule has 70 valence electrons. The highest BCUT2D eigenvalue weighted by Gasteiger charge is 2.21. The van der Waals surface area contributed by atoms with Crippen molar-refractivity contribution < 1.29 is 24.9 Å². The molecule has 0 aliphatic heterocycles. The molecule has 0 aromatic carbocycles. The lowest BCUT2D eigenvalue weighted by molar-refractivity contribution is -0.146. The number of hydrogen-bond donors (Lipinski definition) is 4. The lowest BCUT2D eigenvalue weighted by atomic mass is 10.2. The maximum Gasteiger partial charge on any atom is 0.321 e. The van der Waals surface area contributed by atoms with Crippen molar-refractivity contribution in [2.45, 2.75) is 25.6 Å². The molecule has 6 heteroatoms. The van der Waals surface area contributed by atoms with Gasteiger partial charge in [-0.1, -0.05) is 0 Å². The fraction of sp³-hybridized carbons (Fsp3) is 0.667. The van der Waals surface area contributed by atoms with Crippen molar-refractivity contribution in [1.82, 2.24) is 5.32 Å². The number of carboxylic acid groups (broad SMARTS) is 2. The molecule has 0 aromatic heterocycles. The van der Waals surface area contributed by atoms with Crippen molar-refractivity contribution in [2.24, 2.45) is 0 Å². The largest absolute Gasteiger partial charge is 0.481 e. The van der Waals surface area contributed by atoms with Crippen LogP contribution in [0.2, 0.25) is 0 Å². The van der Waals surface area contributed by atoms with E-state index in [-0.39, 0.29) is 0 Å². The van der Waals surface area contributed by atoms with Crippen LogP contribution in [0.1, 0.15) is 13.3 Å². The summed E-state index contributed by atoms with van der Waals surface area (Å²) in [6.07, 6.45) is -1.59. The third-order valence-corrected chi connectivity index (χ3v) is 1.12. The normalized spacial score (nSPS) is 15.2. The summed E-state index contributed by atoms with van der Waals surface area (Å²) in [7, 11) is 0. The van der Waals surface area contributed by atoms with Gasteiger partial charge in [-0.15, -0.1) is 0 Å². The summed E-state index contributed by atoms with van der Waals surface area (Å²) in [5.74, 6) is -2.52. The molecular formula is C6H11NO5. The minimum Gasteiger partial charge on any atom is -0.481 e. The van der Waals surface area contributed by atoms with Crippen molar-refractivity contribution in [3.8, 4) is 0 Å². The molecule has 0 aliphatic carbocycles. The first-order chi connectivity index (χ1) is 5.43. The first-order valence-corrected chi connectivity index (χ1v) is 3.32. The second-order valence-electron chi connectivity index (χ2n) is 2.33. The van der Waals surface area contributed by atoms with E-state index < -0.39 is 30.6 Å². The van der Waals surface area contributed by atoms with Crippen LogP contribution >= 0.6 is 0 Å². The summed E-state index contributed by atoms with van der Waals surface area (Å²) in [5, 5.41) is 27.6. The molecule has 0 bridgehead atoms. The molecule has 0 spiro atoms. The minimum atomic E-state index is -1.29. The van der Waals surface area contributed by atoms with E-state index in [1.807, 2.05) is 0 Å². The van der Waals surface area contributed by atoms with Crippen molar-refractivity contribution in [3.63, 3.8) is 0 Å². The maximum absolute atomic E-state index is 10.3. The van der Waals surface area contributed by atoms with E-state index in [0.29, 0.717) is 0 Å². The van der Waals surface area contributed by atoms with E-state index in [1.54, 1.807) is 0 Å². The summed E-state index contributed by atoms with van der Waals surface area (Å²) in [6, 6.07) is -1.25. The Morgan fingerprint density at radius 2 is 1.92 bits per heavy atom. The number of aliphatic carboxylic acids is 2. The molecular weight excluding hydrogens is 166 g/mol. The first kappa shape index (κ1) is 10.9. The molecule has 0 saturated carbocycles. The summed E-state index contributed by atoms with van der Waals surface area (Å²) in [5.41, 5.74) is 0. The highest BCUT2D eigenvalue weighted by atomic mass is 16.4. The summed E-state index contributed by atoms with van der Waals surface area (Å²) in [6.45, 7) is 1.32. The van der Waals surface area contributed by atoms with E-state index in [9.17, 15) is 9.59 Å². The van der Waals surface area contributed by atoms with Crippen molar-refractivity contribution >= 4 is 11.9 Å². The molecule has 0 rings (SSSR count). The Morgan fingerprint density at radius 1 is 1.42 bits per heavy atom. The van der Waals surface area contributed by atoms with Crippen molar-refractivity contribution in [2.75, 3.05) is 0 Å². The van der Waals surface area contributed by atoms with Gasteiger partial charge in [0.05, 0.1) is 6.42 Å². The smallest absolute Gasteiger partial charge is 0.321 e. The Kier molecular flexibility index (Phi) is 4.24. The molecule has 0 saturated heterocycles. The molecule has 0 radical (unpaired) electrons. The Balaban J connectivity index is 4.04. The Labute approximate surface area is 68.8 Å². The van der Waals surface area contributed by atoms with E-state index in [1.165, 1.54) is 6.92 Å². The standard InChI is InChI=1S/C6H11NO5/c1-3(8)7-4(6(11)12)2-5(9)10/h3-4,7-8H,2H2,1H3,(H,9,10)(H,11,12). The summed E-state index contributed by atoms with van der Waals surface area (Å²) >= 11 is 0. The van der Waals surface area contributed by atoms with E-state index in [0.717, 1.165) is 0 Å². The van der Waals surface area contributed by atoms with Gasteiger partial charge in [-0.3, -0.25) is 14.9 Å². The molecule has 4 N–H and O–H groups in total. The van der Waals surface area contributed by atoms with Gasteiger partial charge >= 0.3 is 11.9 Å². The number of carbonyl (C=O) groups is 2. The van der Waals surface area contributed by atoms with Crippen LogP contribution < -0.4 is 5.32 Å². The number of aliphatic hydroxyl groups excluding tert-OH is 1. The van der Waals surface area contributed by atoms with Gasteiger partial charge in [0.2, 0.25) is 0 Å². The van der Waals surface area contributed by atoms with Crippen LogP contribution in [0.5, 0.6) is 0 Å². The third-order valence-electron chi connectivity index (χ3n) is 1.12. The van der Waals surface area contributed by atoms with Crippen LogP contribution in [-0.2, 0) is 9.59 Å². The Morgan fingerprint density at radius 3 is 2.17 bits per heavy atom. The number of rotatable bonds is 5. The van der Waals surface area contributed by atoms with Gasteiger partial charge in [-0.2, -0.15) is 0 Å². The van der Waals surface area contributed by atoms with E-state index in [2.05, 4.69) is 5.32 Å². The number of hydrogen-bond acceptors (Lipinski definition) is 4. The molecule has 0 amide bonds. The van der Waals surface area contributed by atoms with Crippen LogP contribution in [0.4, 0.5) is 0 Å². The molecule has 0 aliphatic rings. The Hall–Kier alpha value is -1.14.